The Morgan fingerprint density at radius 3 is 2.40 bits per heavy atom. The Bertz CT molecular complexity index is 557. The van der Waals surface area contributed by atoms with Crippen molar-refractivity contribution in [2.24, 2.45) is 4.99 Å². The van der Waals surface area contributed by atoms with Crippen LogP contribution in [0, 0.1) is 0 Å². The van der Waals surface area contributed by atoms with Crippen LogP contribution in [0.25, 0.3) is 0 Å². The van der Waals surface area contributed by atoms with Crippen molar-refractivity contribution in [1.82, 2.24) is 10.2 Å². The van der Waals surface area contributed by atoms with Crippen molar-refractivity contribution in [1.29, 1.82) is 0 Å². The highest BCUT2D eigenvalue weighted by atomic mass is 16.5. The lowest BCUT2D eigenvalue weighted by Gasteiger charge is -2.26. The molecule has 0 aliphatic rings. The Kier molecular flexibility index (Phi) is 8.55. The average Bonchev–Trinajstić information content (AvgIpc) is 2.64. The average molecular weight is 351 g/mol. The van der Waals surface area contributed by atoms with Gasteiger partial charge in [-0.3, -0.25) is 4.99 Å². The zero-order valence-corrected chi connectivity index (χ0v) is 16.4. The summed E-state index contributed by atoms with van der Waals surface area (Å²) in [7, 11) is 5.27. The quantitative estimate of drug-likeness (QED) is 0.529. The van der Waals surface area contributed by atoms with Gasteiger partial charge in [-0.1, -0.05) is 13.8 Å². The molecule has 0 aromatic heterocycles. The number of methoxy groups -OCH3 is 2. The lowest BCUT2D eigenvalue weighted by molar-refractivity contribution is 0.0416. The number of aliphatic hydroxyl groups is 1. The maximum absolute atomic E-state index is 10.5. The number of hydrogen-bond donors (Lipinski definition) is 2. The van der Waals surface area contributed by atoms with Gasteiger partial charge in [0.05, 0.1) is 26.4 Å². The molecule has 0 unspecified atom stereocenters. The van der Waals surface area contributed by atoms with Crippen molar-refractivity contribution in [2.75, 3.05) is 34.4 Å². The fraction of sp³-hybridized carbons (Fsp3) is 0.632. The number of hydrogen-bond acceptors (Lipinski definition) is 4. The van der Waals surface area contributed by atoms with Crippen LogP contribution in [0.5, 0.6) is 11.5 Å². The molecule has 0 fully saturated rings. The standard InChI is InChI=1S/C19H33N3O3/c1-7-19(23,8-2)14-21-18(20-9-3)22(4)13-15-10-11-16(24-5)12-17(15)25-6/h10-12,23H,7-9,13-14H2,1-6H3,(H,20,21). The van der Waals surface area contributed by atoms with Crippen LogP contribution in [0.4, 0.5) is 0 Å². The van der Waals surface area contributed by atoms with Crippen LogP contribution in [0.2, 0.25) is 0 Å². The Hall–Kier alpha value is -1.95. The van der Waals surface area contributed by atoms with E-state index in [-0.39, 0.29) is 0 Å². The van der Waals surface area contributed by atoms with Crippen molar-refractivity contribution >= 4 is 5.96 Å². The Balaban J connectivity index is 2.94. The second-order valence-corrected chi connectivity index (χ2v) is 6.14. The van der Waals surface area contributed by atoms with Gasteiger partial charge in [-0.2, -0.15) is 0 Å². The summed E-state index contributed by atoms with van der Waals surface area (Å²) in [6, 6.07) is 5.79. The van der Waals surface area contributed by atoms with Crippen LogP contribution in [-0.2, 0) is 6.54 Å². The second kappa shape index (κ2) is 10.1. The van der Waals surface area contributed by atoms with E-state index in [0.29, 0.717) is 25.9 Å². The molecule has 25 heavy (non-hydrogen) atoms. The molecule has 0 aliphatic heterocycles. The van der Waals surface area contributed by atoms with Crippen molar-refractivity contribution in [2.45, 2.75) is 45.8 Å². The monoisotopic (exact) mass is 351 g/mol. The third kappa shape index (κ3) is 6.12. The number of nitrogens with one attached hydrogen (secondary N) is 1. The van der Waals surface area contributed by atoms with E-state index in [2.05, 4.69) is 10.3 Å². The molecule has 0 saturated heterocycles. The summed E-state index contributed by atoms with van der Waals surface area (Å²) >= 11 is 0. The van der Waals surface area contributed by atoms with Gasteiger partial charge in [0.25, 0.3) is 0 Å². The first-order valence-corrected chi connectivity index (χ1v) is 8.85. The third-order valence-electron chi connectivity index (χ3n) is 4.44. The van der Waals surface area contributed by atoms with Crippen LogP contribution in [0.15, 0.2) is 23.2 Å². The van der Waals surface area contributed by atoms with Gasteiger partial charge in [0.1, 0.15) is 11.5 Å². The van der Waals surface area contributed by atoms with Crippen molar-refractivity contribution in [3.05, 3.63) is 23.8 Å². The van der Waals surface area contributed by atoms with Gasteiger partial charge in [-0.15, -0.1) is 0 Å². The van der Waals surface area contributed by atoms with Crippen LogP contribution < -0.4 is 14.8 Å². The van der Waals surface area contributed by atoms with Crippen molar-refractivity contribution in [3.8, 4) is 11.5 Å². The number of aliphatic imine (C=N–C) groups is 1. The van der Waals surface area contributed by atoms with Crippen LogP contribution >= 0.6 is 0 Å². The summed E-state index contributed by atoms with van der Waals surface area (Å²) in [6.07, 6.45) is 1.37. The lowest BCUT2D eigenvalue weighted by atomic mass is 9.98. The van der Waals surface area contributed by atoms with E-state index in [0.717, 1.165) is 29.6 Å². The minimum Gasteiger partial charge on any atom is -0.497 e. The van der Waals surface area contributed by atoms with E-state index in [1.807, 2.05) is 50.9 Å². The molecule has 0 saturated carbocycles. The number of guanidine groups is 1. The minimum absolute atomic E-state index is 0.381. The lowest BCUT2D eigenvalue weighted by Crippen LogP contribution is -2.40. The highest BCUT2D eigenvalue weighted by Crippen LogP contribution is 2.25. The van der Waals surface area contributed by atoms with E-state index in [1.165, 1.54) is 0 Å². The van der Waals surface area contributed by atoms with Gasteiger partial charge in [0.2, 0.25) is 0 Å². The van der Waals surface area contributed by atoms with Crippen LogP contribution in [0.1, 0.15) is 39.2 Å². The van der Waals surface area contributed by atoms with Gasteiger partial charge in [0.15, 0.2) is 5.96 Å². The molecule has 0 radical (unpaired) electrons. The molecule has 1 aromatic carbocycles. The SMILES string of the molecule is CCNC(=NCC(O)(CC)CC)N(C)Cc1ccc(OC)cc1OC. The van der Waals surface area contributed by atoms with E-state index in [4.69, 9.17) is 9.47 Å². The first-order chi connectivity index (χ1) is 11.9. The molecule has 2 N–H and O–H groups in total. The van der Waals surface area contributed by atoms with Gasteiger partial charge in [-0.05, 0) is 31.9 Å². The number of rotatable bonds is 9. The van der Waals surface area contributed by atoms with Gasteiger partial charge >= 0.3 is 0 Å². The first-order valence-electron chi connectivity index (χ1n) is 8.85. The van der Waals surface area contributed by atoms with Gasteiger partial charge < -0.3 is 24.8 Å². The highest BCUT2D eigenvalue weighted by molar-refractivity contribution is 5.79. The number of nitrogens with zero attached hydrogens (tertiary/aromatic N) is 2. The fourth-order valence-electron chi connectivity index (χ4n) is 2.48. The predicted octanol–water partition coefficient (Wildman–Crippen LogP) is 2.65. The Morgan fingerprint density at radius 2 is 1.88 bits per heavy atom. The number of ether oxygens (including phenoxy) is 2. The summed E-state index contributed by atoms with van der Waals surface area (Å²) in [5.41, 5.74) is 0.289. The van der Waals surface area contributed by atoms with E-state index in [9.17, 15) is 5.11 Å². The normalized spacial score (nSPS) is 12.0. The molecule has 6 heteroatoms. The summed E-state index contributed by atoms with van der Waals surface area (Å²) in [6.45, 7) is 7.78. The molecule has 6 nitrogen and oxygen atoms in total. The van der Waals surface area contributed by atoms with Crippen LogP contribution in [0.3, 0.4) is 0 Å². The molecule has 1 rings (SSSR count). The third-order valence-corrected chi connectivity index (χ3v) is 4.44. The smallest absolute Gasteiger partial charge is 0.194 e. The molecule has 1 aromatic rings. The second-order valence-electron chi connectivity index (χ2n) is 6.14. The van der Waals surface area contributed by atoms with Gasteiger partial charge in [-0.25, -0.2) is 0 Å². The predicted molar refractivity (Wildman–Crippen MR) is 103 cm³/mol. The molecule has 142 valence electrons. The van der Waals surface area contributed by atoms with E-state index in [1.54, 1.807) is 14.2 Å². The van der Waals surface area contributed by atoms with Crippen molar-refractivity contribution < 1.29 is 14.6 Å². The van der Waals surface area contributed by atoms with E-state index >= 15 is 0 Å². The van der Waals surface area contributed by atoms with Crippen LogP contribution in [-0.4, -0.2) is 55.9 Å². The zero-order chi connectivity index (χ0) is 18.9. The summed E-state index contributed by atoms with van der Waals surface area (Å²) in [5, 5.41) is 13.8. The topological polar surface area (TPSA) is 66.3 Å². The molecule has 0 bridgehead atoms. The maximum atomic E-state index is 10.5. The van der Waals surface area contributed by atoms with Gasteiger partial charge in [0, 0.05) is 31.8 Å². The first kappa shape index (κ1) is 21.1. The van der Waals surface area contributed by atoms with Crippen molar-refractivity contribution in [3.63, 3.8) is 0 Å². The molecule has 0 aliphatic carbocycles. The molecule has 0 spiro atoms. The highest BCUT2D eigenvalue weighted by Gasteiger charge is 2.22. The number of benzene rings is 1. The summed E-state index contributed by atoms with van der Waals surface area (Å²) in [5.74, 6) is 2.31. The fourth-order valence-corrected chi connectivity index (χ4v) is 2.48. The summed E-state index contributed by atoms with van der Waals surface area (Å²) < 4.78 is 10.7. The minimum atomic E-state index is -0.751. The largest absolute Gasteiger partial charge is 0.497 e. The maximum Gasteiger partial charge on any atom is 0.194 e. The molecule has 0 amide bonds. The van der Waals surface area contributed by atoms with E-state index < -0.39 is 5.60 Å². The Morgan fingerprint density at radius 1 is 1.20 bits per heavy atom. The molecular formula is C19H33N3O3. The summed E-state index contributed by atoms with van der Waals surface area (Å²) in [4.78, 5) is 6.66. The molecular weight excluding hydrogens is 318 g/mol. The molecule has 0 heterocycles. The Labute approximate surface area is 151 Å². The molecule has 0 atom stereocenters. The zero-order valence-electron chi connectivity index (χ0n) is 16.4.